The number of rotatable bonds is 4. The summed E-state index contributed by atoms with van der Waals surface area (Å²) in [5.74, 6) is 0.457. The molecule has 1 saturated carbocycles. The number of carbonyl (C=O) groups is 1. The summed E-state index contributed by atoms with van der Waals surface area (Å²) < 4.78 is 0.744. The predicted octanol–water partition coefficient (Wildman–Crippen LogP) is 3.76. The Morgan fingerprint density at radius 2 is 2.05 bits per heavy atom. The highest BCUT2D eigenvalue weighted by Gasteiger charge is 2.39. The third-order valence-corrected chi connectivity index (χ3v) is 4.62. The van der Waals surface area contributed by atoms with Gasteiger partial charge in [-0.05, 0) is 24.1 Å². The Kier molecular flexibility index (Phi) is 3.94. The van der Waals surface area contributed by atoms with Gasteiger partial charge in [-0.3, -0.25) is 0 Å². The van der Waals surface area contributed by atoms with Crippen molar-refractivity contribution in [3.63, 3.8) is 0 Å². The highest BCUT2D eigenvalue weighted by Crippen LogP contribution is 2.40. The zero-order valence-electron chi connectivity index (χ0n) is 10.8. The Hall–Kier alpha value is -1.52. The van der Waals surface area contributed by atoms with Crippen LogP contribution in [0, 0.1) is 0 Å². The first-order valence-electron chi connectivity index (χ1n) is 6.56. The first kappa shape index (κ1) is 13.5. The first-order chi connectivity index (χ1) is 9.72. The van der Waals surface area contributed by atoms with Gasteiger partial charge in [0, 0.05) is 16.8 Å². The first-order valence-corrected chi connectivity index (χ1v) is 7.75. The lowest BCUT2D eigenvalue weighted by molar-refractivity contribution is 0.240. The third kappa shape index (κ3) is 3.32. The molecule has 1 aliphatic carbocycles. The van der Waals surface area contributed by atoms with E-state index in [1.807, 2.05) is 30.3 Å². The van der Waals surface area contributed by atoms with E-state index in [4.69, 9.17) is 11.6 Å². The number of halogens is 1. The molecule has 1 fully saturated rings. The highest BCUT2D eigenvalue weighted by atomic mass is 35.5. The van der Waals surface area contributed by atoms with E-state index in [1.165, 1.54) is 16.9 Å². The molecular weight excluding hydrogens is 292 g/mol. The monoisotopic (exact) mass is 306 g/mol. The lowest BCUT2D eigenvalue weighted by Crippen LogP contribution is -2.36. The smallest absolute Gasteiger partial charge is 0.315 e. The van der Waals surface area contributed by atoms with E-state index in [0.29, 0.717) is 12.5 Å². The van der Waals surface area contributed by atoms with Crippen LogP contribution < -0.4 is 10.6 Å². The summed E-state index contributed by atoms with van der Waals surface area (Å²) in [5, 5.41) is 5.86. The number of benzene rings is 1. The molecule has 3 nitrogen and oxygen atoms in total. The second-order valence-electron chi connectivity index (χ2n) is 4.89. The van der Waals surface area contributed by atoms with Crippen LogP contribution in [-0.2, 0) is 6.54 Å². The predicted molar refractivity (Wildman–Crippen MR) is 82.3 cm³/mol. The van der Waals surface area contributed by atoms with Crippen molar-refractivity contribution in [3.8, 4) is 0 Å². The zero-order valence-corrected chi connectivity index (χ0v) is 12.4. The lowest BCUT2D eigenvalue weighted by Gasteiger charge is -2.06. The van der Waals surface area contributed by atoms with Gasteiger partial charge in [0.15, 0.2) is 0 Å². The normalized spacial score (nSPS) is 20.4. The van der Waals surface area contributed by atoms with Crippen LogP contribution in [0.2, 0.25) is 4.34 Å². The maximum absolute atomic E-state index is 11.8. The Morgan fingerprint density at radius 3 is 2.75 bits per heavy atom. The van der Waals surface area contributed by atoms with Gasteiger partial charge in [-0.25, -0.2) is 4.79 Å². The van der Waals surface area contributed by atoms with E-state index >= 15 is 0 Å². The molecule has 0 spiro atoms. The summed E-state index contributed by atoms with van der Waals surface area (Å²) in [6.07, 6.45) is 1.02. The maximum Gasteiger partial charge on any atom is 0.315 e. The second-order valence-corrected chi connectivity index (χ2v) is 6.69. The molecule has 20 heavy (non-hydrogen) atoms. The van der Waals surface area contributed by atoms with E-state index in [0.717, 1.165) is 15.6 Å². The van der Waals surface area contributed by atoms with Crippen molar-refractivity contribution in [2.75, 3.05) is 0 Å². The van der Waals surface area contributed by atoms with Crippen LogP contribution >= 0.6 is 22.9 Å². The quantitative estimate of drug-likeness (QED) is 0.887. The van der Waals surface area contributed by atoms with E-state index in [1.54, 1.807) is 0 Å². The van der Waals surface area contributed by atoms with E-state index in [-0.39, 0.29) is 12.1 Å². The van der Waals surface area contributed by atoms with Gasteiger partial charge in [-0.2, -0.15) is 0 Å². The van der Waals surface area contributed by atoms with Crippen molar-refractivity contribution < 1.29 is 4.79 Å². The summed E-state index contributed by atoms with van der Waals surface area (Å²) >= 11 is 7.33. The van der Waals surface area contributed by atoms with Crippen molar-refractivity contribution in [2.45, 2.75) is 24.9 Å². The number of carbonyl (C=O) groups excluding carboxylic acids is 1. The van der Waals surface area contributed by atoms with Gasteiger partial charge in [0.05, 0.1) is 10.9 Å². The van der Waals surface area contributed by atoms with Gasteiger partial charge in [0.1, 0.15) is 0 Å². The molecule has 104 valence electrons. The minimum absolute atomic E-state index is 0.113. The van der Waals surface area contributed by atoms with Crippen molar-refractivity contribution in [1.82, 2.24) is 10.6 Å². The topological polar surface area (TPSA) is 41.1 Å². The molecule has 1 aromatic carbocycles. The molecular formula is C15H15ClN2OS. The molecule has 0 radical (unpaired) electrons. The van der Waals surface area contributed by atoms with Gasteiger partial charge >= 0.3 is 6.03 Å². The molecule has 0 saturated heterocycles. The van der Waals surface area contributed by atoms with Crippen molar-refractivity contribution in [1.29, 1.82) is 0 Å². The van der Waals surface area contributed by atoms with Crippen molar-refractivity contribution >= 4 is 29.0 Å². The van der Waals surface area contributed by atoms with E-state index < -0.39 is 0 Å². The Labute approximate surface area is 127 Å². The molecule has 2 atom stereocenters. The fourth-order valence-corrected chi connectivity index (χ4v) is 3.28. The fourth-order valence-electron chi connectivity index (χ4n) is 2.26. The number of hydrogen-bond acceptors (Lipinski definition) is 2. The number of hydrogen-bond donors (Lipinski definition) is 2. The summed E-state index contributed by atoms with van der Waals surface area (Å²) in [5.41, 5.74) is 1.29. The van der Waals surface area contributed by atoms with Gasteiger partial charge in [-0.15, -0.1) is 11.3 Å². The molecule has 5 heteroatoms. The minimum atomic E-state index is -0.113. The van der Waals surface area contributed by atoms with Crippen LogP contribution in [0.3, 0.4) is 0 Å². The van der Waals surface area contributed by atoms with Crippen LogP contribution in [0.25, 0.3) is 0 Å². The molecule has 0 unspecified atom stereocenters. The van der Waals surface area contributed by atoms with Gasteiger partial charge < -0.3 is 10.6 Å². The van der Waals surface area contributed by atoms with Crippen LogP contribution in [0.4, 0.5) is 4.79 Å². The number of nitrogens with one attached hydrogen (secondary N) is 2. The summed E-state index contributed by atoms with van der Waals surface area (Å²) in [7, 11) is 0. The van der Waals surface area contributed by atoms with E-state index in [9.17, 15) is 4.79 Å². The minimum Gasteiger partial charge on any atom is -0.335 e. The van der Waals surface area contributed by atoms with Crippen LogP contribution in [0.15, 0.2) is 42.5 Å². The summed E-state index contributed by atoms with van der Waals surface area (Å²) in [6, 6.07) is 14.2. The molecule has 1 aromatic heterocycles. The lowest BCUT2D eigenvalue weighted by atomic mass is 10.1. The van der Waals surface area contributed by atoms with Crippen molar-refractivity contribution in [3.05, 3.63) is 57.2 Å². The Morgan fingerprint density at radius 1 is 1.25 bits per heavy atom. The van der Waals surface area contributed by atoms with Crippen molar-refractivity contribution in [2.24, 2.45) is 0 Å². The SMILES string of the molecule is O=C(NCc1ccc(Cl)s1)N[C@H]1C[C@@H]1c1ccccc1. The Balaban J connectivity index is 1.44. The fraction of sp³-hybridized carbons (Fsp3) is 0.267. The molecule has 2 N–H and O–H groups in total. The number of thiophene rings is 1. The van der Waals surface area contributed by atoms with Crippen LogP contribution in [0.1, 0.15) is 22.8 Å². The highest BCUT2D eigenvalue weighted by molar-refractivity contribution is 7.16. The largest absolute Gasteiger partial charge is 0.335 e. The molecule has 1 aliphatic rings. The molecule has 3 rings (SSSR count). The molecule has 0 bridgehead atoms. The Bertz CT molecular complexity index is 599. The molecule has 0 aliphatic heterocycles. The third-order valence-electron chi connectivity index (χ3n) is 3.39. The summed E-state index contributed by atoms with van der Waals surface area (Å²) in [4.78, 5) is 12.9. The standard InChI is InChI=1S/C15H15ClN2OS/c16-14-7-6-11(20-14)9-17-15(19)18-13-8-12(13)10-4-2-1-3-5-10/h1-7,12-13H,8-9H2,(H2,17,18,19)/t12-,13+/m1/s1. The molecule has 2 amide bonds. The maximum atomic E-state index is 11.8. The second kappa shape index (κ2) is 5.85. The number of amides is 2. The van der Waals surface area contributed by atoms with E-state index in [2.05, 4.69) is 22.8 Å². The molecule has 1 heterocycles. The van der Waals surface area contributed by atoms with Crippen LogP contribution in [0.5, 0.6) is 0 Å². The van der Waals surface area contributed by atoms with Gasteiger partial charge in [0.2, 0.25) is 0 Å². The average molecular weight is 307 g/mol. The zero-order chi connectivity index (χ0) is 13.9. The average Bonchev–Trinajstić information content (AvgIpc) is 3.09. The van der Waals surface area contributed by atoms with Crippen LogP contribution in [-0.4, -0.2) is 12.1 Å². The summed E-state index contributed by atoms with van der Waals surface area (Å²) in [6.45, 7) is 0.520. The number of urea groups is 1. The molecule has 2 aromatic rings. The van der Waals surface area contributed by atoms with Gasteiger partial charge in [-0.1, -0.05) is 41.9 Å². The van der Waals surface area contributed by atoms with Gasteiger partial charge in [0.25, 0.3) is 0 Å².